The Morgan fingerprint density at radius 3 is 2.68 bits per heavy atom. The van der Waals surface area contributed by atoms with Gasteiger partial charge in [-0.1, -0.05) is 29.5 Å². The van der Waals surface area contributed by atoms with Crippen LogP contribution >= 0.6 is 11.3 Å². The van der Waals surface area contributed by atoms with Gasteiger partial charge >= 0.3 is 6.09 Å². The molecule has 0 spiro atoms. The summed E-state index contributed by atoms with van der Waals surface area (Å²) in [6.07, 6.45) is -2.96. The Hall–Kier alpha value is -3.30. The Balaban J connectivity index is 1.53. The van der Waals surface area contributed by atoms with E-state index < -0.39 is 29.9 Å². The van der Waals surface area contributed by atoms with E-state index in [9.17, 15) is 9.59 Å². The molecule has 4 rings (SSSR count). The lowest BCUT2D eigenvalue weighted by Gasteiger charge is -2.46. The van der Waals surface area contributed by atoms with Gasteiger partial charge in [-0.25, -0.2) is 9.18 Å². The Bertz CT molecular complexity index is 1030. The number of cyclic esters (lactones) is 1. The molecule has 3 unspecified atom stereocenters. The van der Waals surface area contributed by atoms with E-state index in [0.29, 0.717) is 10.8 Å². The van der Waals surface area contributed by atoms with Crippen molar-refractivity contribution in [2.24, 2.45) is 5.73 Å². The average molecular weight is 445 g/mol. The molecule has 2 aliphatic heterocycles. The van der Waals surface area contributed by atoms with Crippen LogP contribution in [0.4, 0.5) is 20.0 Å². The second-order valence-corrected chi connectivity index (χ2v) is 8.36. The number of nitrogens with zero attached hydrogens (tertiary/aromatic N) is 6. The lowest BCUT2D eigenvalue weighted by atomic mass is 9.90. The van der Waals surface area contributed by atoms with Gasteiger partial charge in [-0.05, 0) is 19.1 Å². The van der Waals surface area contributed by atoms with Gasteiger partial charge in [0.1, 0.15) is 17.7 Å². The number of para-hydroxylation sites is 1. The van der Waals surface area contributed by atoms with Gasteiger partial charge in [-0.15, -0.1) is 10.2 Å². The van der Waals surface area contributed by atoms with Gasteiger partial charge in [-0.3, -0.25) is 14.6 Å². The van der Waals surface area contributed by atoms with Crippen LogP contribution < -0.4 is 15.5 Å². The van der Waals surface area contributed by atoms with Crippen LogP contribution in [0.3, 0.4) is 0 Å². The molecule has 31 heavy (non-hydrogen) atoms. The molecule has 12 heteroatoms. The maximum Gasteiger partial charge on any atom is 0.414 e. The minimum Gasteiger partial charge on any atom is -0.441 e. The lowest BCUT2D eigenvalue weighted by Crippen LogP contribution is -2.68. The van der Waals surface area contributed by atoms with Crippen molar-refractivity contribution < 1.29 is 18.7 Å². The van der Waals surface area contributed by atoms with E-state index >= 15 is 4.39 Å². The van der Waals surface area contributed by atoms with E-state index in [-0.39, 0.29) is 31.2 Å². The third-order valence-corrected chi connectivity index (χ3v) is 6.60. The Kier molecular flexibility index (Phi) is 5.47. The number of alkyl halides is 1. The second kappa shape index (κ2) is 8.09. The molecular weight excluding hydrogens is 425 g/mol. The van der Waals surface area contributed by atoms with Gasteiger partial charge in [0.2, 0.25) is 16.0 Å². The molecule has 3 heterocycles. The first-order valence-electron chi connectivity index (χ1n) is 9.57. The number of anilines is 2. The van der Waals surface area contributed by atoms with E-state index in [1.165, 1.54) is 9.80 Å². The minimum atomic E-state index is -1.51. The van der Waals surface area contributed by atoms with E-state index in [1.54, 1.807) is 36.1 Å². The predicted molar refractivity (Wildman–Crippen MR) is 110 cm³/mol. The molecule has 10 nitrogen and oxygen atoms in total. The van der Waals surface area contributed by atoms with Gasteiger partial charge in [0, 0.05) is 25.3 Å². The summed E-state index contributed by atoms with van der Waals surface area (Å²) < 4.78 is 20.6. The van der Waals surface area contributed by atoms with Crippen molar-refractivity contribution in [2.75, 3.05) is 36.0 Å². The van der Waals surface area contributed by atoms with E-state index in [1.807, 2.05) is 12.1 Å². The van der Waals surface area contributed by atoms with Crippen LogP contribution in [0.1, 0.15) is 11.9 Å². The Labute approximate surface area is 181 Å². The molecule has 1 aromatic carbocycles. The van der Waals surface area contributed by atoms with Crippen molar-refractivity contribution in [2.45, 2.75) is 24.9 Å². The summed E-state index contributed by atoms with van der Waals surface area (Å²) in [4.78, 5) is 29.4. The van der Waals surface area contributed by atoms with Gasteiger partial charge < -0.3 is 15.4 Å². The fourth-order valence-electron chi connectivity index (χ4n) is 3.85. The number of hydrogen-bond donors (Lipinski definition) is 1. The highest BCUT2D eigenvalue weighted by atomic mass is 32.1. The normalized spacial score (nSPS) is 23.8. The standard InChI is InChI=1S/C19H20FN7O3S/c1-19(16(22)28,13-10-27(18(29)30-13)12-5-3-2-4-6-12)25-7-8-26(14(20)11-25)17-24-23-15(9-21)31-17/h2-6,13-14H,7-8,10-11H2,1H3,(H2,22,28). The zero-order valence-corrected chi connectivity index (χ0v) is 17.5. The number of nitrogens with two attached hydrogens (primary N) is 1. The van der Waals surface area contributed by atoms with Crippen molar-refractivity contribution in [1.29, 1.82) is 5.26 Å². The number of amides is 2. The number of hydrogen-bond acceptors (Lipinski definition) is 9. The van der Waals surface area contributed by atoms with Crippen LogP contribution in [0.2, 0.25) is 0 Å². The van der Waals surface area contributed by atoms with Crippen molar-refractivity contribution in [3.05, 3.63) is 35.3 Å². The maximum absolute atomic E-state index is 15.1. The van der Waals surface area contributed by atoms with Crippen LogP contribution in [-0.4, -0.2) is 71.2 Å². The molecule has 0 bridgehead atoms. The topological polar surface area (TPSA) is 129 Å². The molecule has 1 aromatic heterocycles. The van der Waals surface area contributed by atoms with Crippen LogP contribution in [0.25, 0.3) is 0 Å². The van der Waals surface area contributed by atoms with E-state index in [0.717, 1.165) is 11.3 Å². The molecule has 3 atom stereocenters. The summed E-state index contributed by atoms with van der Waals surface area (Å²) in [5, 5.41) is 16.9. The molecule has 2 aliphatic rings. The SMILES string of the molecule is CC(C(N)=O)(C1CN(c2ccccc2)C(=O)O1)N1CCN(c2nnc(C#N)s2)C(F)C1. The number of primary amides is 1. The molecule has 162 valence electrons. The summed E-state index contributed by atoms with van der Waals surface area (Å²) in [5.41, 5.74) is 4.97. The molecule has 0 radical (unpaired) electrons. The van der Waals surface area contributed by atoms with E-state index in [2.05, 4.69) is 10.2 Å². The first-order chi connectivity index (χ1) is 14.8. The highest BCUT2D eigenvalue weighted by molar-refractivity contribution is 7.15. The van der Waals surface area contributed by atoms with Crippen LogP contribution in [-0.2, 0) is 9.53 Å². The average Bonchev–Trinajstić information content (AvgIpc) is 3.40. The number of benzene rings is 1. The van der Waals surface area contributed by atoms with Crippen molar-refractivity contribution in [3.8, 4) is 6.07 Å². The number of carbonyl (C=O) groups is 2. The number of rotatable bonds is 5. The Morgan fingerprint density at radius 2 is 2.06 bits per heavy atom. The third-order valence-electron chi connectivity index (χ3n) is 5.74. The second-order valence-electron chi connectivity index (χ2n) is 7.41. The lowest BCUT2D eigenvalue weighted by molar-refractivity contribution is -0.137. The van der Waals surface area contributed by atoms with Crippen molar-refractivity contribution in [3.63, 3.8) is 0 Å². The van der Waals surface area contributed by atoms with Crippen molar-refractivity contribution >= 4 is 34.2 Å². The fourth-order valence-corrected chi connectivity index (χ4v) is 4.55. The summed E-state index contributed by atoms with van der Waals surface area (Å²) in [6.45, 7) is 2.01. The van der Waals surface area contributed by atoms with Gasteiger partial charge in [0.15, 0.2) is 6.30 Å². The summed E-state index contributed by atoms with van der Waals surface area (Å²) in [7, 11) is 0. The van der Waals surface area contributed by atoms with Gasteiger partial charge in [0.25, 0.3) is 0 Å². The summed E-state index contributed by atoms with van der Waals surface area (Å²) in [5.74, 6) is -0.705. The molecule has 2 amide bonds. The zero-order valence-electron chi connectivity index (χ0n) is 16.6. The highest BCUT2D eigenvalue weighted by Crippen LogP contribution is 2.33. The maximum atomic E-state index is 15.1. The quantitative estimate of drug-likeness (QED) is 0.678. The fraction of sp³-hybridized carbons (Fsp3) is 0.421. The Morgan fingerprint density at radius 1 is 1.32 bits per heavy atom. The molecule has 2 saturated heterocycles. The number of piperazine rings is 1. The third kappa shape index (κ3) is 3.66. The smallest absolute Gasteiger partial charge is 0.414 e. The van der Waals surface area contributed by atoms with Crippen LogP contribution in [0, 0.1) is 11.3 Å². The minimum absolute atomic E-state index is 0.112. The molecule has 0 aliphatic carbocycles. The van der Waals surface area contributed by atoms with Gasteiger partial charge in [-0.2, -0.15) is 5.26 Å². The number of halogens is 1. The monoisotopic (exact) mass is 445 g/mol. The number of aromatic nitrogens is 2. The molecule has 2 fully saturated rings. The number of nitriles is 1. The predicted octanol–water partition coefficient (Wildman–Crippen LogP) is 1.10. The van der Waals surface area contributed by atoms with Crippen LogP contribution in [0.15, 0.2) is 30.3 Å². The molecule has 2 N–H and O–H groups in total. The van der Waals surface area contributed by atoms with Crippen LogP contribution in [0.5, 0.6) is 0 Å². The number of carbonyl (C=O) groups excluding carboxylic acids is 2. The van der Waals surface area contributed by atoms with E-state index in [4.69, 9.17) is 15.7 Å². The molecular formula is C19H20FN7O3S. The first kappa shape index (κ1) is 21.0. The number of ether oxygens (including phenoxy) is 1. The highest BCUT2D eigenvalue weighted by Gasteiger charge is 2.53. The van der Waals surface area contributed by atoms with Gasteiger partial charge in [0.05, 0.1) is 6.54 Å². The summed E-state index contributed by atoms with van der Waals surface area (Å²) in [6, 6.07) is 10.8. The molecule has 0 saturated carbocycles. The zero-order chi connectivity index (χ0) is 22.2. The first-order valence-corrected chi connectivity index (χ1v) is 10.4. The van der Waals surface area contributed by atoms with Crippen molar-refractivity contribution in [1.82, 2.24) is 15.1 Å². The largest absolute Gasteiger partial charge is 0.441 e. The molecule has 2 aromatic rings. The summed E-state index contributed by atoms with van der Waals surface area (Å²) >= 11 is 0.998.